The summed E-state index contributed by atoms with van der Waals surface area (Å²) in [6.45, 7) is 1.20. The zero-order chi connectivity index (χ0) is 22.6. The van der Waals surface area contributed by atoms with Gasteiger partial charge in [-0.3, -0.25) is 19.4 Å². The number of carbonyl (C=O) groups is 4. The van der Waals surface area contributed by atoms with Crippen molar-refractivity contribution in [1.82, 2.24) is 10.2 Å². The van der Waals surface area contributed by atoms with Crippen LogP contribution >= 0.6 is 0 Å². The number of nitrogens with one attached hydrogen (secondary N) is 1. The van der Waals surface area contributed by atoms with E-state index in [0.717, 1.165) is 5.56 Å². The minimum atomic E-state index is -0.998. The Morgan fingerprint density at radius 3 is 2.55 bits per heavy atom. The van der Waals surface area contributed by atoms with Gasteiger partial charge in [-0.25, -0.2) is 4.79 Å². The molecule has 1 aliphatic rings. The van der Waals surface area contributed by atoms with Gasteiger partial charge >= 0.3 is 12.1 Å². The molecule has 0 aromatic heterocycles. The van der Waals surface area contributed by atoms with E-state index in [1.807, 2.05) is 36.4 Å². The van der Waals surface area contributed by atoms with Crippen LogP contribution in [0.15, 0.2) is 47.1 Å². The first-order chi connectivity index (χ1) is 14.9. The molecule has 2 rings (SSSR count). The summed E-state index contributed by atoms with van der Waals surface area (Å²) in [7, 11) is 1.25. The second kappa shape index (κ2) is 12.3. The van der Waals surface area contributed by atoms with Crippen LogP contribution in [-0.2, 0) is 30.5 Å². The molecule has 166 valence electrons. The third kappa shape index (κ3) is 8.41. The van der Waals surface area contributed by atoms with Gasteiger partial charge in [0, 0.05) is 31.3 Å². The number of allylic oxidation sites excluding steroid dienone is 1. The van der Waals surface area contributed by atoms with Gasteiger partial charge in [0.2, 0.25) is 5.91 Å². The van der Waals surface area contributed by atoms with Crippen molar-refractivity contribution in [2.75, 3.05) is 20.2 Å². The Labute approximate surface area is 181 Å². The molecule has 9 nitrogen and oxygen atoms in total. The van der Waals surface area contributed by atoms with Crippen molar-refractivity contribution in [3.05, 3.63) is 47.7 Å². The number of aliphatic imine (C=N–C) groups is 1. The Bertz CT molecular complexity index is 850. The number of hydrogen-bond acceptors (Lipinski definition) is 7. The molecule has 0 radical (unpaired) electrons. The largest absolute Gasteiger partial charge is 0.469 e. The number of alkyl carbamates (subject to hydrolysis) is 1. The lowest BCUT2D eigenvalue weighted by Gasteiger charge is -2.26. The molecular formula is C22H27N3O6. The fourth-order valence-corrected chi connectivity index (χ4v) is 2.95. The number of ketones is 1. The van der Waals surface area contributed by atoms with Gasteiger partial charge in [-0.1, -0.05) is 36.4 Å². The number of carbonyl (C=O) groups excluding carboxylic acids is 4. The molecule has 0 aliphatic carbocycles. The quantitative estimate of drug-likeness (QED) is 0.538. The van der Waals surface area contributed by atoms with Crippen molar-refractivity contribution in [1.29, 1.82) is 0 Å². The number of ether oxygens (including phenoxy) is 2. The van der Waals surface area contributed by atoms with Crippen LogP contribution in [0.25, 0.3) is 0 Å². The molecule has 1 atom stereocenters. The number of methoxy groups -OCH3 is 1. The van der Waals surface area contributed by atoms with E-state index in [0.29, 0.717) is 12.1 Å². The van der Waals surface area contributed by atoms with Gasteiger partial charge in [-0.05, 0) is 12.5 Å². The predicted octanol–water partition coefficient (Wildman–Crippen LogP) is 2.01. The number of amides is 2. The number of benzene rings is 1. The van der Waals surface area contributed by atoms with Gasteiger partial charge in [0.25, 0.3) is 0 Å². The van der Waals surface area contributed by atoms with Crippen LogP contribution in [0, 0.1) is 0 Å². The van der Waals surface area contributed by atoms with E-state index >= 15 is 0 Å². The molecule has 0 saturated heterocycles. The van der Waals surface area contributed by atoms with Crippen molar-refractivity contribution < 1.29 is 28.7 Å². The Morgan fingerprint density at radius 1 is 1.19 bits per heavy atom. The van der Waals surface area contributed by atoms with Crippen molar-refractivity contribution >= 4 is 30.0 Å². The highest BCUT2D eigenvalue weighted by Gasteiger charge is 2.29. The average molecular weight is 429 g/mol. The summed E-state index contributed by atoms with van der Waals surface area (Å²) < 4.78 is 9.84. The average Bonchev–Trinajstić information content (AvgIpc) is 3.27. The van der Waals surface area contributed by atoms with Crippen LogP contribution in [0.4, 0.5) is 4.79 Å². The first kappa shape index (κ1) is 23.8. The second-order valence-electron chi connectivity index (χ2n) is 6.99. The molecule has 2 amide bonds. The monoisotopic (exact) mass is 429 g/mol. The summed E-state index contributed by atoms with van der Waals surface area (Å²) in [4.78, 5) is 54.1. The first-order valence-electron chi connectivity index (χ1n) is 9.93. The van der Waals surface area contributed by atoms with E-state index in [1.165, 1.54) is 18.9 Å². The fraction of sp³-hybridized carbons (Fsp3) is 0.409. The topological polar surface area (TPSA) is 114 Å². The molecule has 31 heavy (non-hydrogen) atoms. The van der Waals surface area contributed by atoms with E-state index in [4.69, 9.17) is 4.74 Å². The molecule has 9 heteroatoms. The highest BCUT2D eigenvalue weighted by atomic mass is 16.5. The van der Waals surface area contributed by atoms with Crippen LogP contribution in [-0.4, -0.2) is 61.1 Å². The third-order valence-corrected chi connectivity index (χ3v) is 4.47. The van der Waals surface area contributed by atoms with Gasteiger partial charge in [0.1, 0.15) is 18.4 Å². The van der Waals surface area contributed by atoms with Gasteiger partial charge < -0.3 is 19.7 Å². The fourth-order valence-electron chi connectivity index (χ4n) is 2.95. The Morgan fingerprint density at radius 2 is 1.94 bits per heavy atom. The first-order valence-corrected chi connectivity index (χ1v) is 9.93. The SMILES string of the molecule is COC(=O)CCN(CC(C)=O)C(=O)C(CC1=CCC=N1)NC(=O)OCc1ccccc1. The molecule has 1 aromatic rings. The second-order valence-corrected chi connectivity index (χ2v) is 6.99. The zero-order valence-electron chi connectivity index (χ0n) is 17.7. The van der Waals surface area contributed by atoms with Crippen molar-refractivity contribution in [2.45, 2.75) is 38.8 Å². The summed E-state index contributed by atoms with van der Waals surface area (Å²) in [5, 5.41) is 2.57. The number of rotatable bonds is 11. The van der Waals surface area contributed by atoms with Crippen molar-refractivity contribution in [2.24, 2.45) is 4.99 Å². The van der Waals surface area contributed by atoms with E-state index in [-0.39, 0.29) is 38.3 Å². The minimum Gasteiger partial charge on any atom is -0.469 e. The molecule has 0 saturated carbocycles. The zero-order valence-corrected chi connectivity index (χ0v) is 17.7. The smallest absolute Gasteiger partial charge is 0.408 e. The van der Waals surface area contributed by atoms with Crippen LogP contribution in [0.1, 0.15) is 31.7 Å². The summed E-state index contributed by atoms with van der Waals surface area (Å²) in [6.07, 6.45) is 3.51. The molecular weight excluding hydrogens is 402 g/mol. The normalized spacial score (nSPS) is 13.2. The Balaban J connectivity index is 2.08. The van der Waals surface area contributed by atoms with E-state index in [1.54, 1.807) is 6.21 Å². The van der Waals surface area contributed by atoms with Crippen LogP contribution < -0.4 is 5.32 Å². The van der Waals surface area contributed by atoms with Crippen molar-refractivity contribution in [3.8, 4) is 0 Å². The number of nitrogens with zero attached hydrogens (tertiary/aromatic N) is 2. The molecule has 0 bridgehead atoms. The molecule has 0 fully saturated rings. The Kier molecular flexibility index (Phi) is 9.41. The molecule has 1 aliphatic heterocycles. The van der Waals surface area contributed by atoms with Crippen LogP contribution in [0.3, 0.4) is 0 Å². The summed E-state index contributed by atoms with van der Waals surface area (Å²) in [6, 6.07) is 8.14. The maximum atomic E-state index is 13.1. The molecule has 1 unspecified atom stereocenters. The van der Waals surface area contributed by atoms with Crippen LogP contribution in [0.5, 0.6) is 0 Å². The number of esters is 1. The van der Waals surface area contributed by atoms with Gasteiger partial charge in [0.15, 0.2) is 0 Å². The number of hydrogen-bond donors (Lipinski definition) is 1. The van der Waals surface area contributed by atoms with E-state index < -0.39 is 24.0 Å². The maximum absolute atomic E-state index is 13.1. The third-order valence-electron chi connectivity index (χ3n) is 4.47. The van der Waals surface area contributed by atoms with E-state index in [9.17, 15) is 19.2 Å². The van der Waals surface area contributed by atoms with Crippen molar-refractivity contribution in [3.63, 3.8) is 0 Å². The standard InChI is InChI=1S/C22H27N3O6/c1-16(26)14-25(12-10-20(27)30-2)21(28)19(13-18-9-6-11-23-18)24-22(29)31-15-17-7-4-3-5-8-17/h3-5,7-9,11,19H,6,10,12-15H2,1-2H3,(H,24,29). The van der Waals surface area contributed by atoms with E-state index in [2.05, 4.69) is 15.0 Å². The van der Waals surface area contributed by atoms with Gasteiger partial charge in [-0.15, -0.1) is 0 Å². The van der Waals surface area contributed by atoms with Gasteiger partial charge in [0.05, 0.1) is 20.1 Å². The highest BCUT2D eigenvalue weighted by molar-refractivity contribution is 5.90. The molecule has 1 N–H and O–H groups in total. The number of Topliss-reactive ketones (excluding diaryl/α,β-unsaturated/α-hetero) is 1. The lowest BCUT2D eigenvalue weighted by Crippen LogP contribution is -2.50. The predicted molar refractivity (Wildman–Crippen MR) is 113 cm³/mol. The summed E-state index contributed by atoms with van der Waals surface area (Å²) in [5.74, 6) is -1.25. The maximum Gasteiger partial charge on any atom is 0.408 e. The lowest BCUT2D eigenvalue weighted by molar-refractivity contribution is -0.143. The minimum absolute atomic E-state index is 0.00928. The van der Waals surface area contributed by atoms with Gasteiger partial charge in [-0.2, -0.15) is 0 Å². The summed E-state index contributed by atoms with van der Waals surface area (Å²) >= 11 is 0. The lowest BCUT2D eigenvalue weighted by atomic mass is 10.1. The highest BCUT2D eigenvalue weighted by Crippen LogP contribution is 2.15. The molecule has 1 aromatic carbocycles. The van der Waals surface area contributed by atoms with Crippen LogP contribution in [0.2, 0.25) is 0 Å². The molecule has 0 spiro atoms. The molecule has 1 heterocycles. The summed E-state index contributed by atoms with van der Waals surface area (Å²) in [5.41, 5.74) is 1.46. The Hall–Kier alpha value is -3.49.